The van der Waals surface area contributed by atoms with Gasteiger partial charge in [0.25, 0.3) is 0 Å². The topological polar surface area (TPSA) is 75.7 Å². The Bertz CT molecular complexity index is 249. The minimum Gasteiger partial charge on any atom is -0.508 e. The van der Waals surface area contributed by atoms with Gasteiger partial charge in [-0.1, -0.05) is 0 Å². The molecule has 0 aromatic heterocycles. The van der Waals surface area contributed by atoms with E-state index in [-0.39, 0.29) is 18.1 Å². The molecule has 1 rings (SSSR count). The van der Waals surface area contributed by atoms with Gasteiger partial charge in [0.1, 0.15) is 11.5 Å². The molecule has 60 valence electrons. The Morgan fingerprint density at radius 2 is 2.09 bits per heavy atom. The maximum atomic E-state index is 9.13. The van der Waals surface area contributed by atoms with Crippen molar-refractivity contribution in [1.29, 1.82) is 0 Å². The van der Waals surface area contributed by atoms with Crippen LogP contribution in [0.25, 0.3) is 0 Å². The Morgan fingerprint density at radius 3 is 2.64 bits per heavy atom. The number of benzene rings is 1. The van der Waals surface area contributed by atoms with Crippen molar-refractivity contribution in [3.8, 4) is 11.5 Å². The second-order valence-corrected chi connectivity index (χ2v) is 2.12. The number of hydrogen-bond donors (Lipinski definition) is 3. The fourth-order valence-corrected chi connectivity index (χ4v) is 0.764. The average Bonchev–Trinajstić information content (AvgIpc) is 1.95. The molecule has 0 unspecified atom stereocenters. The minimum atomic E-state index is -0.0181. The molecular weight excluding hydrogens is 146 g/mol. The summed E-state index contributed by atoms with van der Waals surface area (Å²) in [5.41, 5.74) is 0.547. The molecule has 1 aromatic rings. The molecule has 0 saturated carbocycles. The maximum absolute atomic E-state index is 9.13. The largest absolute Gasteiger partial charge is 0.508 e. The lowest BCUT2D eigenvalue weighted by Gasteiger charge is -2.01. The second-order valence-electron chi connectivity index (χ2n) is 2.12. The first-order valence-electron chi connectivity index (χ1n) is 3.06. The molecule has 0 aliphatic carbocycles. The maximum Gasteiger partial charge on any atom is 0.124 e. The normalized spacial score (nSPS) is 9.91. The average molecular weight is 155 g/mol. The van der Waals surface area contributed by atoms with Gasteiger partial charge >= 0.3 is 0 Å². The molecular formula is C7H9NO3. The van der Waals surface area contributed by atoms with Crippen molar-refractivity contribution in [2.75, 3.05) is 0 Å². The van der Waals surface area contributed by atoms with E-state index < -0.39 is 0 Å². The fraction of sp³-hybridized carbons (Fsp3) is 0.143. The van der Waals surface area contributed by atoms with Gasteiger partial charge in [0.2, 0.25) is 0 Å². The molecule has 1 aromatic carbocycles. The highest BCUT2D eigenvalue weighted by molar-refractivity contribution is 5.38. The van der Waals surface area contributed by atoms with Crippen LogP contribution < -0.4 is 5.90 Å². The molecule has 11 heavy (non-hydrogen) atoms. The van der Waals surface area contributed by atoms with Crippen LogP contribution in [0.2, 0.25) is 0 Å². The van der Waals surface area contributed by atoms with E-state index in [4.69, 9.17) is 16.1 Å². The first kappa shape index (κ1) is 7.84. The summed E-state index contributed by atoms with van der Waals surface area (Å²) < 4.78 is 0. The summed E-state index contributed by atoms with van der Waals surface area (Å²) in [6.07, 6.45) is 0. The van der Waals surface area contributed by atoms with E-state index in [0.717, 1.165) is 0 Å². The van der Waals surface area contributed by atoms with Gasteiger partial charge in [-0.2, -0.15) is 0 Å². The standard InChI is InChI=1S/C7H9NO3/c8-11-4-5-1-2-6(9)3-7(5)10/h1-3,9-10H,4,8H2. The third-order valence-electron chi connectivity index (χ3n) is 1.31. The monoisotopic (exact) mass is 155 g/mol. The Labute approximate surface area is 63.8 Å². The first-order chi connectivity index (χ1) is 5.24. The molecule has 0 atom stereocenters. The zero-order chi connectivity index (χ0) is 8.27. The van der Waals surface area contributed by atoms with E-state index in [1.165, 1.54) is 18.2 Å². The number of phenolic OH excluding ortho intramolecular Hbond substituents is 2. The molecule has 4 nitrogen and oxygen atoms in total. The molecule has 0 spiro atoms. The molecule has 4 heteroatoms. The number of aromatic hydroxyl groups is 2. The minimum absolute atomic E-state index is 0.0169. The van der Waals surface area contributed by atoms with E-state index >= 15 is 0 Å². The summed E-state index contributed by atoms with van der Waals surface area (Å²) in [5.74, 6) is 4.79. The van der Waals surface area contributed by atoms with Crippen LogP contribution >= 0.6 is 0 Å². The Morgan fingerprint density at radius 1 is 1.36 bits per heavy atom. The van der Waals surface area contributed by atoms with Gasteiger partial charge in [-0.25, -0.2) is 5.90 Å². The highest BCUT2D eigenvalue weighted by Crippen LogP contribution is 2.22. The van der Waals surface area contributed by atoms with Gasteiger partial charge in [-0.15, -0.1) is 0 Å². The number of nitrogens with two attached hydrogens (primary N) is 1. The number of hydrogen-bond acceptors (Lipinski definition) is 4. The van der Waals surface area contributed by atoms with Crippen molar-refractivity contribution in [1.82, 2.24) is 0 Å². The van der Waals surface area contributed by atoms with E-state index in [1.807, 2.05) is 0 Å². The van der Waals surface area contributed by atoms with Crippen molar-refractivity contribution in [2.24, 2.45) is 5.90 Å². The smallest absolute Gasteiger partial charge is 0.124 e. The van der Waals surface area contributed by atoms with Crippen molar-refractivity contribution in [2.45, 2.75) is 6.61 Å². The molecule has 0 aliphatic rings. The van der Waals surface area contributed by atoms with Crippen LogP contribution in [0.1, 0.15) is 5.56 Å². The van der Waals surface area contributed by atoms with E-state index in [1.54, 1.807) is 0 Å². The predicted molar refractivity (Wildman–Crippen MR) is 38.7 cm³/mol. The first-order valence-corrected chi connectivity index (χ1v) is 3.06. The molecule has 0 fully saturated rings. The van der Waals surface area contributed by atoms with Crippen LogP contribution in [0.15, 0.2) is 18.2 Å². The van der Waals surface area contributed by atoms with E-state index in [0.29, 0.717) is 5.56 Å². The van der Waals surface area contributed by atoms with Gasteiger partial charge in [0.15, 0.2) is 0 Å². The Balaban J connectivity index is 2.90. The van der Waals surface area contributed by atoms with Crippen LogP contribution in [0, 0.1) is 0 Å². The number of rotatable bonds is 2. The fourth-order valence-electron chi connectivity index (χ4n) is 0.764. The summed E-state index contributed by atoms with van der Waals surface area (Å²) in [7, 11) is 0. The van der Waals surface area contributed by atoms with Crippen molar-refractivity contribution in [3.05, 3.63) is 23.8 Å². The molecule has 0 bridgehead atoms. The van der Waals surface area contributed by atoms with Gasteiger partial charge in [-0.05, 0) is 12.1 Å². The van der Waals surface area contributed by atoms with Crippen LogP contribution in [0.4, 0.5) is 0 Å². The van der Waals surface area contributed by atoms with Crippen molar-refractivity contribution >= 4 is 0 Å². The van der Waals surface area contributed by atoms with Crippen molar-refractivity contribution < 1.29 is 15.1 Å². The SMILES string of the molecule is NOCc1ccc(O)cc1O. The third-order valence-corrected chi connectivity index (χ3v) is 1.31. The van der Waals surface area contributed by atoms with Gasteiger partial charge in [-0.3, -0.25) is 4.84 Å². The lowest BCUT2D eigenvalue weighted by Crippen LogP contribution is -1.98. The molecule has 0 amide bonds. The summed E-state index contributed by atoms with van der Waals surface area (Å²) in [6, 6.07) is 4.22. The summed E-state index contributed by atoms with van der Waals surface area (Å²) in [4.78, 5) is 4.31. The van der Waals surface area contributed by atoms with E-state index in [2.05, 4.69) is 4.84 Å². The van der Waals surface area contributed by atoms with Gasteiger partial charge in [0, 0.05) is 11.6 Å². The lowest BCUT2D eigenvalue weighted by molar-refractivity contribution is 0.122. The summed E-state index contributed by atoms with van der Waals surface area (Å²) in [5, 5.41) is 18.0. The summed E-state index contributed by atoms with van der Waals surface area (Å²) >= 11 is 0. The third kappa shape index (κ3) is 1.83. The van der Waals surface area contributed by atoms with E-state index in [9.17, 15) is 0 Å². The quantitative estimate of drug-likeness (QED) is 0.543. The predicted octanol–water partition coefficient (Wildman–Crippen LogP) is 0.488. The molecule has 4 N–H and O–H groups in total. The number of phenols is 2. The second kappa shape index (κ2) is 3.23. The van der Waals surface area contributed by atoms with Gasteiger partial charge in [0.05, 0.1) is 6.61 Å². The molecule has 0 heterocycles. The molecule has 0 saturated heterocycles. The van der Waals surface area contributed by atoms with Crippen LogP contribution in [-0.4, -0.2) is 10.2 Å². The zero-order valence-electron chi connectivity index (χ0n) is 5.82. The summed E-state index contributed by atoms with van der Waals surface area (Å²) in [6.45, 7) is 0.131. The van der Waals surface area contributed by atoms with Gasteiger partial charge < -0.3 is 10.2 Å². The van der Waals surface area contributed by atoms with Crippen LogP contribution in [0.5, 0.6) is 11.5 Å². The van der Waals surface area contributed by atoms with Crippen molar-refractivity contribution in [3.63, 3.8) is 0 Å². The zero-order valence-corrected chi connectivity index (χ0v) is 5.82. The Kier molecular flexibility index (Phi) is 2.30. The molecule has 0 radical (unpaired) electrons. The molecule has 0 aliphatic heterocycles. The lowest BCUT2D eigenvalue weighted by atomic mass is 10.2. The Hall–Kier alpha value is -1.26. The van der Waals surface area contributed by atoms with Crippen LogP contribution in [-0.2, 0) is 11.4 Å². The van der Waals surface area contributed by atoms with Crippen LogP contribution in [0.3, 0.4) is 0 Å². The highest BCUT2D eigenvalue weighted by Gasteiger charge is 2.00. The highest BCUT2D eigenvalue weighted by atomic mass is 16.6.